The first-order valence-corrected chi connectivity index (χ1v) is 11.8. The zero-order valence-electron chi connectivity index (χ0n) is 18.6. The summed E-state index contributed by atoms with van der Waals surface area (Å²) >= 11 is 12.6. The summed E-state index contributed by atoms with van der Waals surface area (Å²) in [6.45, 7) is 4.85. The molecule has 5 rings (SSSR count). The van der Waals surface area contributed by atoms with Crippen LogP contribution in [0.3, 0.4) is 0 Å². The van der Waals surface area contributed by atoms with Gasteiger partial charge in [0.05, 0.1) is 12.2 Å². The predicted molar refractivity (Wildman–Crippen MR) is 139 cm³/mol. The van der Waals surface area contributed by atoms with Gasteiger partial charge in [-0.2, -0.15) is 5.10 Å². The van der Waals surface area contributed by atoms with Gasteiger partial charge in [-0.25, -0.2) is 0 Å². The summed E-state index contributed by atoms with van der Waals surface area (Å²) in [6.07, 6.45) is 0. The molecular weight excluding hydrogens is 447 g/mol. The first-order chi connectivity index (χ1) is 16.0. The topological polar surface area (TPSA) is 17.8 Å². The fourth-order valence-corrected chi connectivity index (χ4v) is 5.21. The Morgan fingerprint density at radius 2 is 1.55 bits per heavy atom. The van der Waals surface area contributed by atoms with Crippen LogP contribution < -0.4 is 0 Å². The van der Waals surface area contributed by atoms with Gasteiger partial charge in [-0.3, -0.25) is 4.68 Å². The molecular formula is C29H24Cl2N2. The molecule has 0 aliphatic carbocycles. The van der Waals surface area contributed by atoms with Gasteiger partial charge >= 0.3 is 0 Å². The van der Waals surface area contributed by atoms with E-state index < -0.39 is 0 Å². The molecule has 0 bridgehead atoms. The average Bonchev–Trinajstić information content (AvgIpc) is 3.10. The SMILES string of the molecule is Cc1nn(Cc2ccc(Cl)cc2Cl)c(C)c1C(c1ccccc1)c1cccc2ccccc12. The summed E-state index contributed by atoms with van der Waals surface area (Å²) in [5, 5.41) is 8.75. The Bertz CT molecular complexity index is 1430. The predicted octanol–water partition coefficient (Wildman–Crippen LogP) is 8.19. The van der Waals surface area contributed by atoms with Gasteiger partial charge in [0.2, 0.25) is 0 Å². The lowest BCUT2D eigenvalue weighted by Gasteiger charge is -2.21. The summed E-state index contributed by atoms with van der Waals surface area (Å²) in [4.78, 5) is 0. The van der Waals surface area contributed by atoms with Gasteiger partial charge in [0.25, 0.3) is 0 Å². The van der Waals surface area contributed by atoms with E-state index in [0.717, 1.165) is 17.0 Å². The van der Waals surface area contributed by atoms with E-state index >= 15 is 0 Å². The lowest BCUT2D eigenvalue weighted by molar-refractivity contribution is 0.658. The molecule has 0 aliphatic heterocycles. The first kappa shape index (κ1) is 21.8. The molecule has 0 spiro atoms. The Morgan fingerprint density at radius 1 is 0.818 bits per heavy atom. The average molecular weight is 471 g/mol. The van der Waals surface area contributed by atoms with Crippen LogP contribution in [0.5, 0.6) is 0 Å². The van der Waals surface area contributed by atoms with Crippen LogP contribution >= 0.6 is 23.2 Å². The van der Waals surface area contributed by atoms with Gasteiger partial charge in [-0.15, -0.1) is 0 Å². The van der Waals surface area contributed by atoms with E-state index in [0.29, 0.717) is 16.6 Å². The van der Waals surface area contributed by atoms with E-state index in [4.69, 9.17) is 28.3 Å². The molecule has 1 unspecified atom stereocenters. The highest BCUT2D eigenvalue weighted by Gasteiger charge is 2.26. The number of hydrogen-bond donors (Lipinski definition) is 0. The first-order valence-electron chi connectivity index (χ1n) is 11.0. The molecule has 0 N–H and O–H groups in total. The van der Waals surface area contributed by atoms with Gasteiger partial charge < -0.3 is 0 Å². The Labute approximate surface area is 204 Å². The van der Waals surface area contributed by atoms with Crippen molar-refractivity contribution in [2.75, 3.05) is 0 Å². The van der Waals surface area contributed by atoms with Crippen molar-refractivity contribution in [3.63, 3.8) is 0 Å². The molecule has 1 aromatic heterocycles. The second kappa shape index (κ2) is 9.05. The summed E-state index contributed by atoms with van der Waals surface area (Å²) in [7, 11) is 0. The van der Waals surface area contributed by atoms with Crippen molar-refractivity contribution >= 4 is 34.0 Å². The van der Waals surface area contributed by atoms with Crippen LogP contribution in [0.2, 0.25) is 10.0 Å². The third-order valence-electron chi connectivity index (χ3n) is 6.33. The maximum absolute atomic E-state index is 6.47. The maximum Gasteiger partial charge on any atom is 0.0677 e. The second-order valence-corrected chi connectivity index (χ2v) is 9.23. The molecule has 0 saturated heterocycles. The zero-order valence-corrected chi connectivity index (χ0v) is 20.1. The van der Waals surface area contributed by atoms with Crippen LogP contribution in [0.15, 0.2) is 91.0 Å². The van der Waals surface area contributed by atoms with E-state index in [1.54, 1.807) is 6.07 Å². The molecule has 1 atom stereocenters. The minimum absolute atomic E-state index is 0.0757. The van der Waals surface area contributed by atoms with Crippen molar-refractivity contribution < 1.29 is 0 Å². The highest BCUT2D eigenvalue weighted by molar-refractivity contribution is 6.35. The number of nitrogens with zero attached hydrogens (tertiary/aromatic N) is 2. The number of hydrogen-bond acceptors (Lipinski definition) is 1. The number of aromatic nitrogens is 2. The Morgan fingerprint density at radius 3 is 2.33 bits per heavy atom. The van der Waals surface area contributed by atoms with E-state index in [1.165, 1.54) is 27.5 Å². The van der Waals surface area contributed by atoms with Crippen LogP contribution in [-0.4, -0.2) is 9.78 Å². The van der Waals surface area contributed by atoms with Crippen LogP contribution in [0.4, 0.5) is 0 Å². The molecule has 0 aliphatic rings. The van der Waals surface area contributed by atoms with Gasteiger partial charge in [-0.1, -0.05) is 102 Å². The fraction of sp³-hybridized carbons (Fsp3) is 0.138. The highest BCUT2D eigenvalue weighted by Crippen LogP contribution is 2.39. The number of halogens is 2. The molecule has 2 nitrogen and oxygen atoms in total. The van der Waals surface area contributed by atoms with Crippen LogP contribution in [-0.2, 0) is 6.54 Å². The maximum atomic E-state index is 6.47. The largest absolute Gasteiger partial charge is 0.265 e. The van der Waals surface area contributed by atoms with Crippen LogP contribution in [0, 0.1) is 13.8 Å². The molecule has 164 valence electrons. The van der Waals surface area contributed by atoms with Crippen molar-refractivity contribution in [1.29, 1.82) is 0 Å². The number of aryl methyl sites for hydroxylation is 1. The molecule has 4 heteroatoms. The number of fused-ring (bicyclic) bond motifs is 1. The smallest absolute Gasteiger partial charge is 0.0677 e. The lowest BCUT2D eigenvalue weighted by Crippen LogP contribution is -2.08. The Kier molecular flexibility index (Phi) is 5.97. The van der Waals surface area contributed by atoms with Gasteiger partial charge in [-0.05, 0) is 53.4 Å². The molecule has 0 fully saturated rings. The Hall–Kier alpha value is -3.07. The fourth-order valence-electron chi connectivity index (χ4n) is 4.74. The normalized spacial score (nSPS) is 12.2. The number of benzene rings is 4. The minimum Gasteiger partial charge on any atom is -0.265 e. The van der Waals surface area contributed by atoms with Gasteiger partial charge in [0.1, 0.15) is 0 Å². The molecule has 0 amide bonds. The van der Waals surface area contributed by atoms with E-state index in [1.807, 2.05) is 12.1 Å². The standard InChI is InChI=1S/C29H24Cl2N2/c1-19-28(20(2)33(32-19)18-23-15-16-24(30)17-27(23)31)29(22-10-4-3-5-11-22)26-14-8-12-21-9-6-7-13-25(21)26/h3-17,29H,18H2,1-2H3. The summed E-state index contributed by atoms with van der Waals surface area (Å²) in [6, 6.07) is 31.5. The van der Waals surface area contributed by atoms with Crippen molar-refractivity contribution in [2.45, 2.75) is 26.3 Å². The minimum atomic E-state index is 0.0757. The van der Waals surface area contributed by atoms with Crippen LogP contribution in [0.1, 0.15) is 39.6 Å². The summed E-state index contributed by atoms with van der Waals surface area (Å²) in [5.41, 5.74) is 6.95. The van der Waals surface area contributed by atoms with Crippen molar-refractivity contribution in [3.8, 4) is 0 Å². The van der Waals surface area contributed by atoms with E-state index in [-0.39, 0.29) is 5.92 Å². The van der Waals surface area contributed by atoms with Gasteiger partial charge in [0.15, 0.2) is 0 Å². The van der Waals surface area contributed by atoms with Crippen molar-refractivity contribution in [1.82, 2.24) is 9.78 Å². The van der Waals surface area contributed by atoms with Crippen molar-refractivity contribution in [3.05, 3.63) is 135 Å². The molecule has 0 saturated carbocycles. The Balaban J connectivity index is 1.68. The number of rotatable bonds is 5. The molecule has 0 radical (unpaired) electrons. The third kappa shape index (κ3) is 4.17. The third-order valence-corrected chi connectivity index (χ3v) is 6.92. The monoisotopic (exact) mass is 470 g/mol. The van der Waals surface area contributed by atoms with E-state index in [9.17, 15) is 0 Å². The van der Waals surface area contributed by atoms with E-state index in [2.05, 4.69) is 91.3 Å². The van der Waals surface area contributed by atoms with Gasteiger partial charge in [0, 0.05) is 27.2 Å². The van der Waals surface area contributed by atoms with Crippen LogP contribution in [0.25, 0.3) is 10.8 Å². The molecule has 33 heavy (non-hydrogen) atoms. The molecule has 5 aromatic rings. The second-order valence-electron chi connectivity index (χ2n) is 8.39. The highest BCUT2D eigenvalue weighted by atomic mass is 35.5. The quantitative estimate of drug-likeness (QED) is 0.253. The summed E-state index contributed by atoms with van der Waals surface area (Å²) in [5.74, 6) is 0.0757. The molecule has 4 aromatic carbocycles. The molecule has 1 heterocycles. The lowest BCUT2D eigenvalue weighted by atomic mass is 9.82. The van der Waals surface area contributed by atoms with Crippen molar-refractivity contribution in [2.24, 2.45) is 0 Å². The summed E-state index contributed by atoms with van der Waals surface area (Å²) < 4.78 is 2.06. The zero-order chi connectivity index (χ0) is 22.9.